The van der Waals surface area contributed by atoms with Crippen molar-refractivity contribution in [3.8, 4) is 67.8 Å². The van der Waals surface area contributed by atoms with Crippen LogP contribution in [0.4, 0.5) is 0 Å². The number of rotatable bonds is 7. The van der Waals surface area contributed by atoms with Gasteiger partial charge in [-0.3, -0.25) is 0 Å². The fourth-order valence-corrected chi connectivity index (χ4v) is 14.2. The van der Waals surface area contributed by atoms with Crippen LogP contribution < -0.4 is 0 Å². The fourth-order valence-electron chi connectivity index (χ4n) is 11.9. The molecule has 5 aromatic heterocycles. The third kappa shape index (κ3) is 6.53. The van der Waals surface area contributed by atoms with E-state index in [4.69, 9.17) is 15.0 Å². The molecule has 5 nitrogen and oxygen atoms in total. The van der Waals surface area contributed by atoms with Crippen LogP contribution in [0.2, 0.25) is 0 Å². The van der Waals surface area contributed by atoms with Gasteiger partial charge < -0.3 is 9.13 Å². The van der Waals surface area contributed by atoms with Crippen molar-refractivity contribution < 1.29 is 0 Å². The molecule has 0 atom stereocenters. The minimum absolute atomic E-state index is 0.610. The van der Waals surface area contributed by atoms with Crippen LogP contribution in [0.5, 0.6) is 0 Å². The van der Waals surface area contributed by atoms with Gasteiger partial charge in [-0.1, -0.05) is 182 Å². The Kier molecular flexibility index (Phi) is 9.61. The summed E-state index contributed by atoms with van der Waals surface area (Å²) in [5.41, 5.74) is 14.3. The molecule has 76 heavy (non-hydrogen) atoms. The predicted octanol–water partition coefficient (Wildman–Crippen LogP) is 19.1. The number of hydrogen-bond donors (Lipinski definition) is 0. The molecule has 16 aromatic rings. The summed E-state index contributed by atoms with van der Waals surface area (Å²) >= 11 is 3.71. The van der Waals surface area contributed by atoms with Crippen molar-refractivity contribution in [3.05, 3.63) is 249 Å². The topological polar surface area (TPSA) is 48.5 Å². The van der Waals surface area contributed by atoms with Crippen molar-refractivity contribution in [3.63, 3.8) is 0 Å². The Bertz CT molecular complexity index is 4920. The monoisotopic (exact) mass is 1000 g/mol. The zero-order valence-electron chi connectivity index (χ0n) is 40.7. The lowest BCUT2D eigenvalue weighted by molar-refractivity contribution is 1.07. The summed E-state index contributed by atoms with van der Waals surface area (Å²) in [6.07, 6.45) is 0. The SMILES string of the molecule is c1ccc(-c2nc(-c3ccccc3)nc(-c3cc(-c4cccc5sc6ccc7c8ccccc8n(-c8ccccc8)c7c6c45)ccc3-c3cccc4sc5ccc6c7ccccc7n(-c7ccccc7)c6c5c34)n2)cc1. The van der Waals surface area contributed by atoms with Crippen LogP contribution in [0.25, 0.3) is 152 Å². The molecule has 354 valence electrons. The number of fused-ring (bicyclic) bond motifs is 14. The second kappa shape index (κ2) is 17.0. The first kappa shape index (κ1) is 42.9. The van der Waals surface area contributed by atoms with E-state index in [0.29, 0.717) is 17.5 Å². The molecule has 0 aliphatic heterocycles. The second-order valence-electron chi connectivity index (χ2n) is 19.4. The van der Waals surface area contributed by atoms with Crippen molar-refractivity contribution in [1.29, 1.82) is 0 Å². The van der Waals surface area contributed by atoms with Crippen LogP contribution in [-0.2, 0) is 0 Å². The van der Waals surface area contributed by atoms with Crippen LogP contribution in [-0.4, -0.2) is 24.1 Å². The summed E-state index contributed by atoms with van der Waals surface area (Å²) in [5.74, 6) is 1.85. The maximum absolute atomic E-state index is 5.47. The lowest BCUT2D eigenvalue weighted by Crippen LogP contribution is -2.01. The summed E-state index contributed by atoms with van der Waals surface area (Å²) in [5, 5.41) is 9.87. The zero-order valence-corrected chi connectivity index (χ0v) is 42.4. The molecule has 11 aromatic carbocycles. The van der Waals surface area contributed by atoms with E-state index in [-0.39, 0.29) is 0 Å². The third-order valence-corrected chi connectivity index (χ3v) is 17.4. The van der Waals surface area contributed by atoms with Gasteiger partial charge in [0.2, 0.25) is 0 Å². The number of benzene rings is 11. The number of thiophene rings is 2. The van der Waals surface area contributed by atoms with E-state index in [2.05, 4.69) is 221 Å². The van der Waals surface area contributed by atoms with Gasteiger partial charge in [-0.25, -0.2) is 15.0 Å². The van der Waals surface area contributed by atoms with Gasteiger partial charge >= 0.3 is 0 Å². The van der Waals surface area contributed by atoms with Gasteiger partial charge in [-0.2, -0.15) is 0 Å². The Morgan fingerprint density at radius 3 is 1.22 bits per heavy atom. The molecule has 0 unspecified atom stereocenters. The van der Waals surface area contributed by atoms with Crippen LogP contribution in [0.1, 0.15) is 0 Å². The van der Waals surface area contributed by atoms with Crippen molar-refractivity contribution in [1.82, 2.24) is 24.1 Å². The Hall–Kier alpha value is -9.53. The Morgan fingerprint density at radius 1 is 0.263 bits per heavy atom. The van der Waals surface area contributed by atoms with E-state index in [9.17, 15) is 0 Å². The largest absolute Gasteiger partial charge is 0.309 e. The molecular weight excluding hydrogens is 963 g/mol. The first-order chi connectivity index (χ1) is 37.7. The molecule has 0 radical (unpaired) electrons. The number of nitrogens with zero attached hydrogens (tertiary/aromatic N) is 5. The van der Waals surface area contributed by atoms with Crippen molar-refractivity contribution in [2.45, 2.75) is 0 Å². The average Bonchev–Trinajstić information content (AvgIpc) is 4.39. The highest BCUT2D eigenvalue weighted by Crippen LogP contribution is 2.50. The van der Waals surface area contributed by atoms with Gasteiger partial charge in [-0.15, -0.1) is 22.7 Å². The van der Waals surface area contributed by atoms with Gasteiger partial charge in [0.15, 0.2) is 17.5 Å². The Labute approximate surface area is 444 Å². The van der Waals surface area contributed by atoms with E-state index in [0.717, 1.165) is 50.3 Å². The van der Waals surface area contributed by atoms with Gasteiger partial charge in [0, 0.05) is 90.0 Å². The molecule has 0 N–H and O–H groups in total. The third-order valence-electron chi connectivity index (χ3n) is 15.2. The lowest BCUT2D eigenvalue weighted by atomic mass is 9.90. The van der Waals surface area contributed by atoms with E-state index >= 15 is 0 Å². The summed E-state index contributed by atoms with van der Waals surface area (Å²) in [6, 6.07) is 89.7. The fraction of sp³-hybridized carbons (Fsp3) is 0. The highest BCUT2D eigenvalue weighted by molar-refractivity contribution is 7.26. The highest BCUT2D eigenvalue weighted by Gasteiger charge is 2.25. The molecule has 0 aliphatic carbocycles. The number of hydrogen-bond acceptors (Lipinski definition) is 5. The van der Waals surface area contributed by atoms with Crippen LogP contribution in [0.15, 0.2) is 249 Å². The second-order valence-corrected chi connectivity index (χ2v) is 21.6. The Balaban J connectivity index is 1.02. The minimum Gasteiger partial charge on any atom is -0.309 e. The first-order valence-electron chi connectivity index (χ1n) is 25.6. The molecule has 0 spiro atoms. The lowest BCUT2D eigenvalue weighted by Gasteiger charge is -2.16. The molecule has 0 bridgehead atoms. The van der Waals surface area contributed by atoms with Crippen LogP contribution in [0.3, 0.4) is 0 Å². The molecule has 16 rings (SSSR count). The molecule has 0 amide bonds. The maximum atomic E-state index is 5.47. The normalized spacial score (nSPS) is 11.9. The van der Waals surface area contributed by atoms with Gasteiger partial charge in [0.25, 0.3) is 0 Å². The first-order valence-corrected chi connectivity index (χ1v) is 27.2. The van der Waals surface area contributed by atoms with E-state index in [1.165, 1.54) is 84.0 Å². The summed E-state index contributed by atoms with van der Waals surface area (Å²) in [6.45, 7) is 0. The van der Waals surface area contributed by atoms with Gasteiger partial charge in [-0.05, 0) is 89.0 Å². The highest BCUT2D eigenvalue weighted by atomic mass is 32.1. The maximum Gasteiger partial charge on any atom is 0.164 e. The standard InChI is InChI=1S/C69H41N5S2/c1-5-19-42(20-6-1)67-70-68(43-21-7-2-8-22-43)72-69(71-67)54-41-44(47-29-17-33-57-61(47)63-59(75-57)39-37-52-49-27-13-15-31-55(49)73(65(52)63)45-23-9-3-10-24-45)35-36-48(54)51-30-18-34-58-62(51)64-60(76-58)40-38-53-50-28-14-16-32-56(50)74(66(53)64)46-25-11-4-12-26-46/h1-41H. The predicted molar refractivity (Wildman–Crippen MR) is 321 cm³/mol. The number of aromatic nitrogens is 5. The molecule has 7 heteroatoms. The van der Waals surface area contributed by atoms with Gasteiger partial charge in [0.1, 0.15) is 0 Å². The molecule has 5 heterocycles. The van der Waals surface area contributed by atoms with Crippen LogP contribution in [0, 0.1) is 0 Å². The van der Waals surface area contributed by atoms with E-state index in [1.807, 2.05) is 59.1 Å². The van der Waals surface area contributed by atoms with E-state index < -0.39 is 0 Å². The molecule has 0 saturated carbocycles. The quantitative estimate of drug-likeness (QED) is 0.160. The summed E-state index contributed by atoms with van der Waals surface area (Å²) < 4.78 is 9.87. The minimum atomic E-state index is 0.610. The summed E-state index contributed by atoms with van der Waals surface area (Å²) in [4.78, 5) is 16.1. The van der Waals surface area contributed by atoms with Gasteiger partial charge in [0.05, 0.1) is 22.1 Å². The molecule has 0 aliphatic rings. The molecule has 0 fully saturated rings. The van der Waals surface area contributed by atoms with Crippen molar-refractivity contribution >= 4 is 107 Å². The smallest absolute Gasteiger partial charge is 0.164 e. The van der Waals surface area contributed by atoms with E-state index in [1.54, 1.807) is 0 Å². The Morgan fingerprint density at radius 2 is 0.697 bits per heavy atom. The number of para-hydroxylation sites is 4. The average molecular weight is 1000 g/mol. The van der Waals surface area contributed by atoms with Crippen LogP contribution >= 0.6 is 22.7 Å². The van der Waals surface area contributed by atoms with Crippen molar-refractivity contribution in [2.24, 2.45) is 0 Å². The summed E-state index contributed by atoms with van der Waals surface area (Å²) in [7, 11) is 0. The molecule has 0 saturated heterocycles. The van der Waals surface area contributed by atoms with Crippen molar-refractivity contribution in [2.75, 3.05) is 0 Å². The molecular formula is C69H41N5S2. The zero-order chi connectivity index (χ0) is 49.8.